The fourth-order valence-electron chi connectivity index (χ4n) is 4.67. The number of aryl methyl sites for hydroxylation is 1. The highest BCUT2D eigenvalue weighted by atomic mass is 19.1. The molecule has 170 valence electrons. The van der Waals surface area contributed by atoms with Gasteiger partial charge >= 0.3 is 0 Å². The quantitative estimate of drug-likeness (QED) is 0.644. The first-order valence-electron chi connectivity index (χ1n) is 10.9. The first-order valence-corrected chi connectivity index (χ1v) is 10.9. The highest BCUT2D eigenvalue weighted by Crippen LogP contribution is 2.39. The number of anilines is 1. The molecule has 0 bridgehead atoms. The van der Waals surface area contributed by atoms with Gasteiger partial charge in [0.2, 0.25) is 0 Å². The van der Waals surface area contributed by atoms with Gasteiger partial charge in [-0.3, -0.25) is 14.7 Å². The molecule has 1 N–H and O–H groups in total. The summed E-state index contributed by atoms with van der Waals surface area (Å²) < 4.78 is 25.8. The molecule has 0 saturated carbocycles. The van der Waals surface area contributed by atoms with E-state index in [0.717, 1.165) is 11.3 Å². The summed E-state index contributed by atoms with van der Waals surface area (Å²) in [5, 5.41) is 3.28. The molecule has 0 radical (unpaired) electrons. The molecule has 8 heteroatoms. The summed E-state index contributed by atoms with van der Waals surface area (Å²) in [5.74, 6) is 0.419. The third-order valence-electron chi connectivity index (χ3n) is 6.36. The predicted octanol–water partition coefficient (Wildman–Crippen LogP) is 3.46. The lowest BCUT2D eigenvalue weighted by atomic mass is 9.98. The largest absolute Gasteiger partial charge is 0.496 e. The predicted molar refractivity (Wildman–Crippen MR) is 122 cm³/mol. The number of halogens is 1. The van der Waals surface area contributed by atoms with E-state index >= 15 is 0 Å². The van der Waals surface area contributed by atoms with E-state index in [0.29, 0.717) is 41.6 Å². The van der Waals surface area contributed by atoms with Crippen LogP contribution in [-0.2, 0) is 11.3 Å². The molecule has 2 aromatic heterocycles. The molecule has 0 spiro atoms. The number of rotatable bonds is 5. The SMILES string of the molecule is CN[C@@H]1COC[C@H]1c1cc(C)cc(N2Cc3c(ccnc3-c3c(F)cccc3OC)C2=O)n1. The maximum absolute atomic E-state index is 14.8. The molecule has 5 rings (SSSR count). The van der Waals surface area contributed by atoms with E-state index in [-0.39, 0.29) is 30.0 Å². The second-order valence-corrected chi connectivity index (χ2v) is 8.36. The molecule has 1 amide bonds. The minimum absolute atomic E-state index is 0.105. The van der Waals surface area contributed by atoms with Gasteiger partial charge in [-0.25, -0.2) is 9.37 Å². The van der Waals surface area contributed by atoms with Crippen molar-refractivity contribution in [3.63, 3.8) is 0 Å². The number of carbonyl (C=O) groups is 1. The zero-order valence-corrected chi connectivity index (χ0v) is 18.8. The van der Waals surface area contributed by atoms with Crippen LogP contribution in [0.25, 0.3) is 11.3 Å². The Morgan fingerprint density at radius 1 is 1.24 bits per heavy atom. The fourth-order valence-corrected chi connectivity index (χ4v) is 4.67. The van der Waals surface area contributed by atoms with Crippen molar-refractivity contribution < 1.29 is 18.7 Å². The third-order valence-corrected chi connectivity index (χ3v) is 6.36. The van der Waals surface area contributed by atoms with Crippen LogP contribution < -0.4 is 15.0 Å². The zero-order valence-electron chi connectivity index (χ0n) is 18.8. The Balaban J connectivity index is 1.55. The first-order chi connectivity index (χ1) is 16.0. The van der Waals surface area contributed by atoms with E-state index in [1.54, 1.807) is 23.1 Å². The van der Waals surface area contributed by atoms with Crippen molar-refractivity contribution in [2.24, 2.45) is 0 Å². The van der Waals surface area contributed by atoms with Gasteiger partial charge in [-0.2, -0.15) is 0 Å². The van der Waals surface area contributed by atoms with Gasteiger partial charge in [0, 0.05) is 29.3 Å². The molecule has 1 aromatic carbocycles. The number of nitrogens with one attached hydrogen (secondary N) is 1. The average molecular weight is 448 g/mol. The van der Waals surface area contributed by atoms with Crippen molar-refractivity contribution in [3.05, 3.63) is 70.8 Å². The van der Waals surface area contributed by atoms with Crippen LogP contribution in [0.2, 0.25) is 0 Å². The topological polar surface area (TPSA) is 76.6 Å². The van der Waals surface area contributed by atoms with Crippen LogP contribution in [0.15, 0.2) is 42.6 Å². The Kier molecular flexibility index (Phi) is 5.55. The molecular weight excluding hydrogens is 423 g/mol. The second kappa shape index (κ2) is 8.53. The van der Waals surface area contributed by atoms with Gasteiger partial charge in [-0.05, 0) is 49.9 Å². The number of hydrogen-bond acceptors (Lipinski definition) is 6. The van der Waals surface area contributed by atoms with Gasteiger partial charge in [0.15, 0.2) is 0 Å². The smallest absolute Gasteiger partial charge is 0.260 e. The molecule has 1 fully saturated rings. The van der Waals surface area contributed by atoms with Crippen LogP contribution >= 0.6 is 0 Å². The number of nitrogens with zero attached hydrogens (tertiary/aromatic N) is 3. The molecule has 2 aliphatic heterocycles. The van der Waals surface area contributed by atoms with E-state index < -0.39 is 5.82 Å². The molecule has 0 aliphatic carbocycles. The van der Waals surface area contributed by atoms with Gasteiger partial charge in [-0.15, -0.1) is 0 Å². The van der Waals surface area contributed by atoms with Crippen molar-refractivity contribution in [1.82, 2.24) is 15.3 Å². The number of benzene rings is 1. The van der Waals surface area contributed by atoms with Crippen molar-refractivity contribution in [2.45, 2.75) is 25.4 Å². The number of ether oxygens (including phenoxy) is 2. The number of pyridine rings is 2. The zero-order chi connectivity index (χ0) is 23.1. The molecule has 0 unspecified atom stereocenters. The lowest BCUT2D eigenvalue weighted by Crippen LogP contribution is -2.32. The Morgan fingerprint density at radius 3 is 2.88 bits per heavy atom. The van der Waals surface area contributed by atoms with E-state index in [1.165, 1.54) is 19.4 Å². The lowest BCUT2D eigenvalue weighted by molar-refractivity contribution is 0.0996. The van der Waals surface area contributed by atoms with Gasteiger partial charge in [0.25, 0.3) is 5.91 Å². The number of likely N-dealkylation sites (N-methyl/N-ethyl adjacent to an activating group) is 1. The Labute approximate surface area is 191 Å². The van der Waals surface area contributed by atoms with Crippen LogP contribution in [-0.4, -0.2) is 49.3 Å². The molecule has 2 aliphatic rings. The average Bonchev–Trinajstić information content (AvgIpc) is 3.43. The van der Waals surface area contributed by atoms with E-state index in [4.69, 9.17) is 14.5 Å². The summed E-state index contributed by atoms with van der Waals surface area (Å²) in [6, 6.07) is 10.4. The Hall–Kier alpha value is -3.36. The lowest BCUT2D eigenvalue weighted by Gasteiger charge is -2.21. The number of aromatic nitrogens is 2. The highest BCUT2D eigenvalue weighted by molar-refractivity contribution is 6.10. The Bertz CT molecular complexity index is 1230. The summed E-state index contributed by atoms with van der Waals surface area (Å²) in [6.07, 6.45) is 1.53. The maximum atomic E-state index is 14.8. The molecule has 1 saturated heterocycles. The third kappa shape index (κ3) is 3.65. The minimum atomic E-state index is -0.448. The molecule has 7 nitrogen and oxygen atoms in total. The fraction of sp³-hybridized carbons (Fsp3) is 0.320. The number of fused-ring (bicyclic) bond motifs is 1. The number of hydrogen-bond donors (Lipinski definition) is 1. The summed E-state index contributed by atoms with van der Waals surface area (Å²) in [4.78, 5) is 24.3. The molecule has 3 aromatic rings. The number of carbonyl (C=O) groups excluding carboxylic acids is 1. The number of methoxy groups -OCH3 is 1. The minimum Gasteiger partial charge on any atom is -0.496 e. The second-order valence-electron chi connectivity index (χ2n) is 8.36. The summed E-state index contributed by atoms with van der Waals surface area (Å²) in [6.45, 7) is 3.45. The van der Waals surface area contributed by atoms with Crippen molar-refractivity contribution in [3.8, 4) is 17.0 Å². The summed E-state index contributed by atoms with van der Waals surface area (Å²) >= 11 is 0. The molecule has 2 atom stereocenters. The van der Waals surface area contributed by atoms with Crippen molar-refractivity contribution >= 4 is 11.7 Å². The van der Waals surface area contributed by atoms with Crippen LogP contribution in [0.5, 0.6) is 5.75 Å². The van der Waals surface area contributed by atoms with Gasteiger partial charge in [0.1, 0.15) is 17.4 Å². The molecule has 33 heavy (non-hydrogen) atoms. The van der Waals surface area contributed by atoms with Crippen molar-refractivity contribution in [2.75, 3.05) is 32.3 Å². The van der Waals surface area contributed by atoms with Crippen LogP contribution in [0.1, 0.15) is 33.1 Å². The summed E-state index contributed by atoms with van der Waals surface area (Å²) in [5.41, 5.74) is 3.71. The summed E-state index contributed by atoms with van der Waals surface area (Å²) in [7, 11) is 3.40. The number of amides is 1. The van der Waals surface area contributed by atoms with Gasteiger partial charge in [0.05, 0.1) is 43.8 Å². The van der Waals surface area contributed by atoms with E-state index in [9.17, 15) is 9.18 Å². The molecular formula is C25H25FN4O3. The molecule has 4 heterocycles. The van der Waals surface area contributed by atoms with Gasteiger partial charge < -0.3 is 14.8 Å². The van der Waals surface area contributed by atoms with E-state index in [2.05, 4.69) is 10.3 Å². The maximum Gasteiger partial charge on any atom is 0.260 e. The Morgan fingerprint density at radius 2 is 2.09 bits per heavy atom. The van der Waals surface area contributed by atoms with Crippen LogP contribution in [0.4, 0.5) is 10.2 Å². The standard InChI is InChI=1S/C25H25FN4O3/c1-14-9-19(17-12-33-13-20(17)27-2)29-22(10-14)30-11-16-15(25(30)31)7-8-28-24(16)23-18(26)5-4-6-21(23)32-3/h4-10,17,20,27H,11-13H2,1-3H3/t17-,20+/m0/s1. The van der Waals surface area contributed by atoms with Crippen LogP contribution in [0, 0.1) is 12.7 Å². The van der Waals surface area contributed by atoms with Crippen molar-refractivity contribution in [1.29, 1.82) is 0 Å². The first kappa shape index (κ1) is 21.5. The monoisotopic (exact) mass is 448 g/mol. The van der Waals surface area contributed by atoms with Gasteiger partial charge in [-0.1, -0.05) is 6.07 Å². The van der Waals surface area contributed by atoms with Crippen LogP contribution in [0.3, 0.4) is 0 Å². The highest BCUT2D eigenvalue weighted by Gasteiger charge is 2.35. The normalized spacial score (nSPS) is 19.8. The van der Waals surface area contributed by atoms with E-state index in [1.807, 2.05) is 26.1 Å².